The number of hydrogen-bond acceptors (Lipinski definition) is 5. The molecule has 2 aromatic rings. The van der Waals surface area contributed by atoms with Crippen LogP contribution < -0.4 is 5.73 Å². The Morgan fingerprint density at radius 1 is 1.39 bits per heavy atom. The minimum atomic E-state index is -3.56. The van der Waals surface area contributed by atoms with Crippen LogP contribution in [0.4, 0.5) is 5.82 Å². The highest BCUT2D eigenvalue weighted by molar-refractivity contribution is 7.91. The molecule has 3 N–H and O–H groups in total. The van der Waals surface area contributed by atoms with Crippen LogP contribution in [0.25, 0.3) is 11.3 Å². The molecular weight excluding hydrogens is 254 g/mol. The van der Waals surface area contributed by atoms with E-state index in [4.69, 9.17) is 5.73 Å². The molecule has 96 valence electrons. The Morgan fingerprint density at radius 3 is 2.56 bits per heavy atom. The van der Waals surface area contributed by atoms with Gasteiger partial charge in [-0.05, 0) is 6.07 Å². The molecule has 6 nitrogen and oxygen atoms in total. The van der Waals surface area contributed by atoms with E-state index in [2.05, 4.69) is 5.10 Å². The number of aryl methyl sites for hydroxylation is 1. The first-order valence-corrected chi connectivity index (χ1v) is 7.02. The Balaban J connectivity index is 2.76. The predicted octanol–water partition coefficient (Wildman–Crippen LogP) is 0.778. The molecule has 1 heterocycles. The van der Waals surface area contributed by atoms with Gasteiger partial charge in [0.15, 0.2) is 9.84 Å². The fourth-order valence-corrected chi connectivity index (χ4v) is 2.75. The molecule has 0 aliphatic heterocycles. The van der Waals surface area contributed by atoms with Crippen molar-refractivity contribution in [2.24, 2.45) is 7.05 Å². The molecule has 1 aromatic heterocycles. The summed E-state index contributed by atoms with van der Waals surface area (Å²) < 4.78 is 24.9. The largest absolute Gasteiger partial charge is 0.507 e. The highest BCUT2D eigenvalue weighted by Crippen LogP contribution is 2.33. The third-order valence-corrected chi connectivity index (χ3v) is 3.73. The third-order valence-electron chi connectivity index (χ3n) is 2.56. The minimum Gasteiger partial charge on any atom is -0.507 e. The van der Waals surface area contributed by atoms with Crippen LogP contribution in [-0.2, 0) is 16.9 Å². The topological polar surface area (TPSA) is 98.2 Å². The molecule has 7 heteroatoms. The molecule has 0 saturated heterocycles. The monoisotopic (exact) mass is 267 g/mol. The van der Waals surface area contributed by atoms with Gasteiger partial charge in [0.25, 0.3) is 0 Å². The number of hydrogen-bond donors (Lipinski definition) is 2. The van der Waals surface area contributed by atoms with Crippen molar-refractivity contribution in [1.82, 2.24) is 9.78 Å². The Morgan fingerprint density at radius 2 is 2.06 bits per heavy atom. The quantitative estimate of drug-likeness (QED) is 0.837. The number of aromatic hydroxyl groups is 1. The van der Waals surface area contributed by atoms with Crippen LogP contribution in [0.3, 0.4) is 0 Å². The van der Waals surface area contributed by atoms with Gasteiger partial charge in [0.05, 0.1) is 5.69 Å². The van der Waals surface area contributed by atoms with Crippen LogP contribution >= 0.6 is 0 Å². The van der Waals surface area contributed by atoms with Gasteiger partial charge in [-0.2, -0.15) is 5.10 Å². The summed E-state index contributed by atoms with van der Waals surface area (Å²) in [6.07, 6.45) is 1.04. The van der Waals surface area contributed by atoms with Crippen LogP contribution in [0.1, 0.15) is 0 Å². The first-order valence-electron chi connectivity index (χ1n) is 5.12. The summed E-state index contributed by atoms with van der Waals surface area (Å²) in [6.45, 7) is 0. The Labute approximate surface area is 105 Å². The van der Waals surface area contributed by atoms with Gasteiger partial charge in [0, 0.05) is 24.9 Å². The smallest absolute Gasteiger partial charge is 0.179 e. The maximum Gasteiger partial charge on any atom is 0.179 e. The standard InChI is InChI=1S/C11H13N3O3S/c1-14-10(12)6-8(13-14)7-4-3-5-9(15)11(7)18(2,16)17/h3-6,15H,12H2,1-2H3. The first kappa shape index (κ1) is 12.4. The van der Waals surface area contributed by atoms with Crippen LogP contribution in [0, 0.1) is 0 Å². The molecule has 18 heavy (non-hydrogen) atoms. The molecule has 0 unspecified atom stereocenters. The maximum absolute atomic E-state index is 11.7. The van der Waals surface area contributed by atoms with Crippen molar-refractivity contribution >= 4 is 15.7 Å². The number of benzene rings is 1. The number of anilines is 1. The number of nitrogens with two attached hydrogens (primary N) is 1. The van der Waals surface area contributed by atoms with Gasteiger partial charge in [0.1, 0.15) is 16.5 Å². The average molecular weight is 267 g/mol. The Kier molecular flexibility index (Phi) is 2.78. The van der Waals surface area contributed by atoms with Gasteiger partial charge in [-0.15, -0.1) is 0 Å². The lowest BCUT2D eigenvalue weighted by Gasteiger charge is -2.07. The molecule has 0 aliphatic rings. The first-order chi connectivity index (χ1) is 8.30. The SMILES string of the molecule is Cn1nc(-c2cccc(O)c2S(C)(=O)=O)cc1N. The van der Waals surface area contributed by atoms with Gasteiger partial charge in [-0.1, -0.05) is 12.1 Å². The average Bonchev–Trinajstić information content (AvgIpc) is 2.57. The van der Waals surface area contributed by atoms with E-state index in [1.54, 1.807) is 25.2 Å². The molecule has 0 saturated carbocycles. The predicted molar refractivity (Wildman–Crippen MR) is 67.8 cm³/mol. The molecule has 0 aliphatic carbocycles. The molecule has 0 spiro atoms. The Hall–Kier alpha value is -2.02. The van der Waals surface area contributed by atoms with Gasteiger partial charge in [-0.25, -0.2) is 8.42 Å². The van der Waals surface area contributed by atoms with Crippen LogP contribution in [0.5, 0.6) is 5.75 Å². The number of sulfone groups is 1. The van der Waals surface area contributed by atoms with Crippen LogP contribution in [0.2, 0.25) is 0 Å². The second-order valence-corrected chi connectivity index (χ2v) is 5.96. The van der Waals surface area contributed by atoms with Crippen molar-refractivity contribution in [1.29, 1.82) is 0 Å². The normalized spacial score (nSPS) is 11.7. The molecule has 0 amide bonds. The van der Waals surface area contributed by atoms with E-state index in [0.29, 0.717) is 17.1 Å². The third kappa shape index (κ3) is 2.04. The van der Waals surface area contributed by atoms with Crippen molar-refractivity contribution < 1.29 is 13.5 Å². The van der Waals surface area contributed by atoms with Crippen molar-refractivity contribution in [3.8, 4) is 17.0 Å². The zero-order chi connectivity index (χ0) is 13.5. The summed E-state index contributed by atoms with van der Waals surface area (Å²) in [5, 5.41) is 13.8. The number of aromatic nitrogens is 2. The number of nitrogens with zero attached hydrogens (tertiary/aromatic N) is 2. The summed E-state index contributed by atoms with van der Waals surface area (Å²) in [5.74, 6) is 0.118. The van der Waals surface area contributed by atoms with E-state index in [1.165, 1.54) is 10.7 Å². The summed E-state index contributed by atoms with van der Waals surface area (Å²) in [7, 11) is -1.90. The number of nitrogen functional groups attached to an aromatic ring is 1. The summed E-state index contributed by atoms with van der Waals surface area (Å²) in [4.78, 5) is -0.136. The molecule has 0 fully saturated rings. The van der Waals surface area contributed by atoms with Crippen molar-refractivity contribution in [3.63, 3.8) is 0 Å². The highest BCUT2D eigenvalue weighted by Gasteiger charge is 2.21. The molecular formula is C11H13N3O3S. The van der Waals surface area contributed by atoms with E-state index in [0.717, 1.165) is 6.26 Å². The van der Waals surface area contributed by atoms with Crippen LogP contribution in [0.15, 0.2) is 29.2 Å². The number of phenols is 1. The van der Waals surface area contributed by atoms with Crippen LogP contribution in [-0.4, -0.2) is 29.6 Å². The number of rotatable bonds is 2. The lowest BCUT2D eigenvalue weighted by Crippen LogP contribution is -2.01. The summed E-state index contributed by atoms with van der Waals surface area (Å²) in [5.41, 5.74) is 6.41. The van der Waals surface area contributed by atoms with Gasteiger partial charge < -0.3 is 10.8 Å². The minimum absolute atomic E-state index is 0.136. The van der Waals surface area contributed by atoms with Gasteiger partial charge >= 0.3 is 0 Å². The van der Waals surface area contributed by atoms with E-state index in [9.17, 15) is 13.5 Å². The van der Waals surface area contributed by atoms with E-state index < -0.39 is 9.84 Å². The summed E-state index contributed by atoms with van der Waals surface area (Å²) >= 11 is 0. The van der Waals surface area contributed by atoms with Crippen molar-refractivity contribution in [3.05, 3.63) is 24.3 Å². The van der Waals surface area contributed by atoms with Crippen molar-refractivity contribution in [2.75, 3.05) is 12.0 Å². The lowest BCUT2D eigenvalue weighted by atomic mass is 10.1. The molecule has 2 rings (SSSR count). The van der Waals surface area contributed by atoms with E-state index in [1.807, 2.05) is 0 Å². The zero-order valence-corrected chi connectivity index (χ0v) is 10.8. The van der Waals surface area contributed by atoms with Gasteiger partial charge in [0.2, 0.25) is 0 Å². The van der Waals surface area contributed by atoms with E-state index in [-0.39, 0.29) is 10.6 Å². The fraction of sp³-hybridized carbons (Fsp3) is 0.182. The lowest BCUT2D eigenvalue weighted by molar-refractivity contribution is 0.459. The zero-order valence-electron chi connectivity index (χ0n) is 9.95. The summed E-state index contributed by atoms with van der Waals surface area (Å²) in [6, 6.07) is 6.03. The molecule has 0 radical (unpaired) electrons. The van der Waals surface area contributed by atoms with Crippen molar-refractivity contribution in [2.45, 2.75) is 4.90 Å². The second kappa shape index (κ2) is 4.02. The number of phenolic OH excluding ortho intramolecular Hbond substituents is 1. The molecule has 0 atom stereocenters. The molecule has 1 aromatic carbocycles. The highest BCUT2D eigenvalue weighted by atomic mass is 32.2. The van der Waals surface area contributed by atoms with Gasteiger partial charge in [-0.3, -0.25) is 4.68 Å². The Bertz CT molecular complexity index is 685. The molecule has 0 bridgehead atoms. The maximum atomic E-state index is 11.7. The second-order valence-electron chi connectivity index (χ2n) is 4.00. The fourth-order valence-electron chi connectivity index (χ4n) is 1.73. The van der Waals surface area contributed by atoms with E-state index >= 15 is 0 Å².